The second kappa shape index (κ2) is 5.48. The van der Waals surface area contributed by atoms with Crippen LogP contribution in [0.15, 0.2) is 6.20 Å². The zero-order chi connectivity index (χ0) is 13.9. The molecule has 1 aromatic rings. The van der Waals surface area contributed by atoms with Crippen LogP contribution in [0.3, 0.4) is 0 Å². The maximum absolute atomic E-state index is 11.0. The zero-order valence-corrected chi connectivity index (χ0v) is 10.4. The van der Waals surface area contributed by atoms with Crippen LogP contribution in [0.25, 0.3) is 0 Å². The normalized spacial score (nSPS) is 12.4. The minimum Gasteiger partial charge on any atom is -0.480 e. The summed E-state index contributed by atoms with van der Waals surface area (Å²) in [6, 6.07) is -0.937. The zero-order valence-electron chi connectivity index (χ0n) is 10.4. The van der Waals surface area contributed by atoms with E-state index in [0.29, 0.717) is 0 Å². The minimum atomic E-state index is -1.09. The summed E-state index contributed by atoms with van der Waals surface area (Å²) in [5.74, 6) is -1.25. The molecular weight excluding hydrogens is 242 g/mol. The van der Waals surface area contributed by atoms with E-state index in [1.165, 1.54) is 0 Å². The second-order valence-electron chi connectivity index (χ2n) is 3.99. The van der Waals surface area contributed by atoms with Crippen molar-refractivity contribution in [2.75, 3.05) is 0 Å². The fraction of sp³-hybridized carbons (Fsp3) is 0.600. The van der Waals surface area contributed by atoms with E-state index in [2.05, 4.69) is 5.10 Å². The second-order valence-corrected chi connectivity index (χ2v) is 3.99. The molecule has 100 valence electrons. The quantitative estimate of drug-likeness (QED) is 0.612. The Kier molecular flexibility index (Phi) is 4.24. The minimum absolute atomic E-state index is 0.158. The van der Waals surface area contributed by atoms with Crippen molar-refractivity contribution in [1.82, 2.24) is 9.78 Å². The number of ether oxygens (including phenoxy) is 1. The lowest BCUT2D eigenvalue weighted by Gasteiger charge is -2.09. The average molecular weight is 257 g/mol. The molecule has 0 unspecified atom stereocenters. The number of aromatic nitrogens is 2. The van der Waals surface area contributed by atoms with E-state index >= 15 is 0 Å². The Morgan fingerprint density at radius 1 is 1.67 bits per heavy atom. The van der Waals surface area contributed by atoms with Crippen molar-refractivity contribution in [3.8, 4) is 5.88 Å². The SMILES string of the molecule is CC[C@H](C(=O)O)n1cc([N+](=O)[O-])c(OC(C)C)n1. The first-order valence-electron chi connectivity index (χ1n) is 5.49. The molecule has 0 radical (unpaired) electrons. The van der Waals surface area contributed by atoms with E-state index in [1.54, 1.807) is 20.8 Å². The van der Waals surface area contributed by atoms with Crippen molar-refractivity contribution in [1.29, 1.82) is 0 Å². The Labute approximate surface area is 103 Å². The Bertz CT molecular complexity index is 454. The van der Waals surface area contributed by atoms with Crippen LogP contribution in [0.4, 0.5) is 5.69 Å². The fourth-order valence-electron chi connectivity index (χ4n) is 1.43. The number of aliphatic carboxylic acids is 1. The van der Waals surface area contributed by atoms with Gasteiger partial charge in [-0.15, -0.1) is 5.10 Å². The molecule has 0 fully saturated rings. The Hall–Kier alpha value is -2.12. The van der Waals surface area contributed by atoms with E-state index in [-0.39, 0.29) is 24.1 Å². The summed E-state index contributed by atoms with van der Waals surface area (Å²) >= 11 is 0. The van der Waals surface area contributed by atoms with Gasteiger partial charge in [0.15, 0.2) is 0 Å². The molecule has 8 nitrogen and oxygen atoms in total. The lowest BCUT2D eigenvalue weighted by Crippen LogP contribution is -2.18. The van der Waals surface area contributed by atoms with Crippen molar-refractivity contribution in [2.24, 2.45) is 0 Å². The highest BCUT2D eigenvalue weighted by Crippen LogP contribution is 2.28. The first kappa shape index (κ1) is 13.9. The number of carboxylic acid groups (broad SMARTS) is 1. The van der Waals surface area contributed by atoms with E-state index in [1.807, 2.05) is 0 Å². The van der Waals surface area contributed by atoms with E-state index in [0.717, 1.165) is 10.9 Å². The van der Waals surface area contributed by atoms with Crippen LogP contribution in [-0.2, 0) is 4.79 Å². The standard InChI is InChI=1S/C10H15N3O5/c1-4-7(10(14)15)12-5-8(13(16)17)9(11-12)18-6(2)3/h5-7H,4H2,1-3H3,(H,14,15)/t7-/m1/s1. The van der Waals surface area contributed by atoms with Crippen molar-refractivity contribution in [2.45, 2.75) is 39.3 Å². The predicted molar refractivity (Wildman–Crippen MR) is 61.6 cm³/mol. The van der Waals surface area contributed by atoms with Crippen molar-refractivity contribution < 1.29 is 19.6 Å². The summed E-state index contributed by atoms with van der Waals surface area (Å²) in [7, 11) is 0. The highest BCUT2D eigenvalue weighted by Gasteiger charge is 2.27. The summed E-state index contributed by atoms with van der Waals surface area (Å²) < 4.78 is 6.25. The van der Waals surface area contributed by atoms with Gasteiger partial charge in [-0.1, -0.05) is 6.92 Å². The smallest absolute Gasteiger partial charge is 0.350 e. The molecular formula is C10H15N3O5. The summed E-state index contributed by atoms with van der Waals surface area (Å²) in [4.78, 5) is 21.2. The number of carbonyl (C=O) groups is 1. The summed E-state index contributed by atoms with van der Waals surface area (Å²) in [6.45, 7) is 5.07. The van der Waals surface area contributed by atoms with Crippen molar-refractivity contribution in [3.05, 3.63) is 16.3 Å². The number of nitro groups is 1. The molecule has 0 aliphatic carbocycles. The third-order valence-corrected chi connectivity index (χ3v) is 2.22. The van der Waals surface area contributed by atoms with Crippen LogP contribution in [0.2, 0.25) is 0 Å². The topological polar surface area (TPSA) is 107 Å². The molecule has 0 amide bonds. The molecule has 0 aliphatic rings. The maximum atomic E-state index is 11.0. The van der Waals surface area contributed by atoms with Crippen molar-refractivity contribution in [3.63, 3.8) is 0 Å². The number of hydrogen-bond donors (Lipinski definition) is 1. The van der Waals surface area contributed by atoms with E-state index < -0.39 is 16.9 Å². The molecule has 1 heterocycles. The van der Waals surface area contributed by atoms with E-state index in [9.17, 15) is 14.9 Å². The lowest BCUT2D eigenvalue weighted by molar-refractivity contribution is -0.386. The Morgan fingerprint density at radius 3 is 2.67 bits per heavy atom. The molecule has 1 atom stereocenters. The number of hydrogen-bond acceptors (Lipinski definition) is 5. The molecule has 1 aromatic heterocycles. The van der Waals surface area contributed by atoms with Crippen LogP contribution >= 0.6 is 0 Å². The molecule has 18 heavy (non-hydrogen) atoms. The van der Waals surface area contributed by atoms with Crippen LogP contribution in [0, 0.1) is 10.1 Å². The molecule has 1 rings (SSSR count). The van der Waals surface area contributed by atoms with Gasteiger partial charge in [-0.2, -0.15) is 0 Å². The van der Waals surface area contributed by atoms with E-state index in [4.69, 9.17) is 9.84 Å². The lowest BCUT2D eigenvalue weighted by atomic mass is 10.2. The van der Waals surface area contributed by atoms with Crippen LogP contribution in [0.1, 0.15) is 33.2 Å². The fourth-order valence-corrected chi connectivity index (χ4v) is 1.43. The predicted octanol–water partition coefficient (Wildman–Crippen LogP) is 1.61. The van der Waals surface area contributed by atoms with Gasteiger partial charge in [-0.3, -0.25) is 10.1 Å². The van der Waals surface area contributed by atoms with Gasteiger partial charge in [0.05, 0.1) is 11.0 Å². The van der Waals surface area contributed by atoms with Gasteiger partial charge >= 0.3 is 17.5 Å². The van der Waals surface area contributed by atoms with Gasteiger partial charge in [-0.25, -0.2) is 9.48 Å². The van der Waals surface area contributed by atoms with Crippen LogP contribution in [-0.4, -0.2) is 31.9 Å². The first-order chi connectivity index (χ1) is 8.36. The Balaban J connectivity index is 3.16. The highest BCUT2D eigenvalue weighted by atomic mass is 16.6. The summed E-state index contributed by atoms with van der Waals surface area (Å²) in [5.41, 5.74) is -0.330. The van der Waals surface area contributed by atoms with Gasteiger partial charge in [0, 0.05) is 0 Å². The third kappa shape index (κ3) is 2.96. The van der Waals surface area contributed by atoms with Crippen molar-refractivity contribution >= 4 is 11.7 Å². The maximum Gasteiger partial charge on any atom is 0.350 e. The summed E-state index contributed by atoms with van der Waals surface area (Å²) in [5, 5.41) is 23.6. The third-order valence-electron chi connectivity index (χ3n) is 2.22. The molecule has 0 aromatic carbocycles. The average Bonchev–Trinajstić information content (AvgIpc) is 2.61. The molecule has 0 spiro atoms. The largest absolute Gasteiger partial charge is 0.480 e. The van der Waals surface area contributed by atoms with Crippen LogP contribution in [0.5, 0.6) is 5.88 Å². The number of carboxylic acids is 1. The molecule has 0 saturated carbocycles. The van der Waals surface area contributed by atoms with Gasteiger partial charge in [0.2, 0.25) is 0 Å². The Morgan fingerprint density at radius 2 is 2.28 bits per heavy atom. The molecule has 0 bridgehead atoms. The molecule has 0 aliphatic heterocycles. The molecule has 1 N–H and O–H groups in total. The van der Waals surface area contributed by atoms with Gasteiger partial charge in [0.1, 0.15) is 12.2 Å². The van der Waals surface area contributed by atoms with Gasteiger partial charge in [0.25, 0.3) is 0 Å². The molecule has 8 heteroatoms. The monoisotopic (exact) mass is 257 g/mol. The van der Waals surface area contributed by atoms with Gasteiger partial charge < -0.3 is 9.84 Å². The van der Waals surface area contributed by atoms with Crippen LogP contribution < -0.4 is 4.74 Å². The number of rotatable bonds is 6. The summed E-state index contributed by atoms with van der Waals surface area (Å²) in [6.07, 6.45) is 1.08. The highest BCUT2D eigenvalue weighted by molar-refractivity contribution is 5.71. The number of nitrogens with zero attached hydrogens (tertiary/aromatic N) is 3. The van der Waals surface area contributed by atoms with Gasteiger partial charge in [-0.05, 0) is 20.3 Å². The first-order valence-corrected chi connectivity index (χ1v) is 5.49. The molecule has 0 saturated heterocycles.